The van der Waals surface area contributed by atoms with Gasteiger partial charge in [-0.2, -0.15) is 0 Å². The summed E-state index contributed by atoms with van der Waals surface area (Å²) in [6.45, 7) is 2.14. The topological polar surface area (TPSA) is 77.1 Å². The number of carbonyl (C=O) groups is 2. The van der Waals surface area contributed by atoms with E-state index < -0.39 is 0 Å². The van der Waals surface area contributed by atoms with Crippen LogP contribution < -0.4 is 19.5 Å². The molecule has 0 bridgehead atoms. The van der Waals surface area contributed by atoms with E-state index in [1.54, 1.807) is 49.6 Å². The summed E-state index contributed by atoms with van der Waals surface area (Å²) in [6.07, 6.45) is 0. The minimum Gasteiger partial charge on any atom is -0.497 e. The summed E-state index contributed by atoms with van der Waals surface area (Å²) in [6, 6.07) is 11.9. The highest BCUT2D eigenvalue weighted by molar-refractivity contribution is 5.99. The Morgan fingerprint density at radius 1 is 0.963 bits per heavy atom. The molecule has 0 unspecified atom stereocenters. The summed E-state index contributed by atoms with van der Waals surface area (Å²) < 4.78 is 15.6. The second kappa shape index (κ2) is 9.47. The number of nitrogens with one attached hydrogen (secondary N) is 1. The molecule has 2 rings (SSSR count). The molecule has 2 aromatic rings. The molecule has 0 aliphatic heterocycles. The van der Waals surface area contributed by atoms with Crippen molar-refractivity contribution in [2.24, 2.45) is 0 Å². The molecule has 0 atom stereocenters. The van der Waals surface area contributed by atoms with Crippen LogP contribution in [0.25, 0.3) is 0 Å². The molecule has 0 aromatic heterocycles. The van der Waals surface area contributed by atoms with E-state index in [4.69, 9.17) is 14.2 Å². The maximum atomic E-state index is 12.8. The highest BCUT2D eigenvalue weighted by Crippen LogP contribution is 2.28. The molecule has 0 aliphatic rings. The molecule has 2 aromatic carbocycles. The molecule has 144 valence electrons. The molecule has 0 saturated heterocycles. The van der Waals surface area contributed by atoms with Crippen LogP contribution in [-0.4, -0.2) is 51.1 Å². The van der Waals surface area contributed by atoms with Crippen molar-refractivity contribution in [1.82, 2.24) is 4.90 Å². The van der Waals surface area contributed by atoms with Crippen molar-refractivity contribution >= 4 is 17.5 Å². The lowest BCUT2D eigenvalue weighted by atomic mass is 10.1. The summed E-state index contributed by atoms with van der Waals surface area (Å²) in [5.74, 6) is 1.08. The van der Waals surface area contributed by atoms with E-state index >= 15 is 0 Å². The van der Waals surface area contributed by atoms with Gasteiger partial charge < -0.3 is 24.4 Å². The van der Waals surface area contributed by atoms with Crippen LogP contribution in [0.3, 0.4) is 0 Å². The molecule has 7 heteroatoms. The van der Waals surface area contributed by atoms with Crippen LogP contribution in [0, 0.1) is 0 Å². The number of benzene rings is 2. The van der Waals surface area contributed by atoms with Gasteiger partial charge in [0.25, 0.3) is 5.91 Å². The van der Waals surface area contributed by atoms with E-state index in [1.807, 2.05) is 6.92 Å². The molecule has 0 spiro atoms. The fraction of sp³-hybridized carbons (Fsp3) is 0.300. The van der Waals surface area contributed by atoms with Crippen molar-refractivity contribution in [2.75, 3.05) is 39.7 Å². The normalized spacial score (nSPS) is 10.1. The first-order valence-electron chi connectivity index (χ1n) is 8.47. The van der Waals surface area contributed by atoms with Crippen molar-refractivity contribution in [1.29, 1.82) is 0 Å². The lowest BCUT2D eigenvalue weighted by molar-refractivity contribution is -0.116. The lowest BCUT2D eigenvalue weighted by Crippen LogP contribution is -2.37. The van der Waals surface area contributed by atoms with Gasteiger partial charge in [-0.1, -0.05) is 6.07 Å². The van der Waals surface area contributed by atoms with E-state index in [2.05, 4.69) is 5.32 Å². The molecular weight excluding hydrogens is 348 g/mol. The molecular formula is C20H24N2O5. The molecule has 27 heavy (non-hydrogen) atoms. The Kier molecular flexibility index (Phi) is 7.05. The van der Waals surface area contributed by atoms with Crippen LogP contribution in [0.4, 0.5) is 5.69 Å². The zero-order chi connectivity index (χ0) is 19.8. The Morgan fingerprint density at radius 3 is 2.33 bits per heavy atom. The summed E-state index contributed by atoms with van der Waals surface area (Å²) in [5, 5.41) is 2.77. The number of rotatable bonds is 8. The van der Waals surface area contributed by atoms with Gasteiger partial charge in [0.05, 0.1) is 21.3 Å². The smallest absolute Gasteiger partial charge is 0.254 e. The van der Waals surface area contributed by atoms with E-state index in [-0.39, 0.29) is 18.4 Å². The van der Waals surface area contributed by atoms with Crippen molar-refractivity contribution in [3.05, 3.63) is 48.0 Å². The zero-order valence-electron chi connectivity index (χ0n) is 15.9. The number of nitrogens with zero attached hydrogens (tertiary/aromatic N) is 1. The Morgan fingerprint density at radius 2 is 1.70 bits per heavy atom. The number of likely N-dealkylation sites (N-methyl/N-ethyl adjacent to an activating group) is 1. The van der Waals surface area contributed by atoms with Crippen molar-refractivity contribution in [3.63, 3.8) is 0 Å². The van der Waals surface area contributed by atoms with Crippen LogP contribution >= 0.6 is 0 Å². The monoisotopic (exact) mass is 372 g/mol. The first-order chi connectivity index (χ1) is 13.0. The average molecular weight is 372 g/mol. The zero-order valence-corrected chi connectivity index (χ0v) is 15.9. The Hall–Kier alpha value is -3.22. The Labute approximate surface area is 158 Å². The van der Waals surface area contributed by atoms with E-state index in [9.17, 15) is 9.59 Å². The maximum Gasteiger partial charge on any atom is 0.254 e. The average Bonchev–Trinajstić information content (AvgIpc) is 2.70. The van der Waals surface area contributed by atoms with Crippen LogP contribution in [-0.2, 0) is 4.79 Å². The number of hydrogen-bond donors (Lipinski definition) is 1. The van der Waals surface area contributed by atoms with Crippen LogP contribution in [0.2, 0.25) is 0 Å². The lowest BCUT2D eigenvalue weighted by Gasteiger charge is -2.21. The van der Waals surface area contributed by atoms with E-state index in [0.29, 0.717) is 35.0 Å². The number of hydrogen-bond acceptors (Lipinski definition) is 5. The molecule has 0 saturated carbocycles. The van der Waals surface area contributed by atoms with Crippen molar-refractivity contribution in [2.45, 2.75) is 6.92 Å². The molecule has 0 aliphatic carbocycles. The van der Waals surface area contributed by atoms with Gasteiger partial charge in [0.15, 0.2) is 11.5 Å². The summed E-state index contributed by atoms with van der Waals surface area (Å²) >= 11 is 0. The molecule has 2 amide bonds. The SMILES string of the molecule is CCN(CC(=O)Nc1cccc(OC)c1)C(=O)c1ccc(OC)c(OC)c1. The number of ether oxygens (including phenoxy) is 3. The highest BCUT2D eigenvalue weighted by atomic mass is 16.5. The third kappa shape index (κ3) is 5.13. The first kappa shape index (κ1) is 20.1. The van der Waals surface area contributed by atoms with Gasteiger partial charge >= 0.3 is 0 Å². The standard InChI is InChI=1S/C20H24N2O5/c1-5-22(13-19(23)21-15-7-6-8-16(12-15)25-2)20(24)14-9-10-17(26-3)18(11-14)27-4/h6-12H,5,13H2,1-4H3,(H,21,23). The van der Waals surface area contributed by atoms with Gasteiger partial charge in [-0.25, -0.2) is 0 Å². The fourth-order valence-corrected chi connectivity index (χ4v) is 2.55. The Balaban J connectivity index is 2.09. The summed E-state index contributed by atoms with van der Waals surface area (Å²) in [7, 11) is 4.59. The van der Waals surface area contributed by atoms with E-state index in [1.165, 1.54) is 19.1 Å². The molecule has 0 radical (unpaired) electrons. The third-order valence-electron chi connectivity index (χ3n) is 3.99. The maximum absolute atomic E-state index is 12.8. The minimum atomic E-state index is -0.293. The number of anilines is 1. The Bertz CT molecular complexity index is 807. The predicted molar refractivity (Wildman–Crippen MR) is 103 cm³/mol. The van der Waals surface area contributed by atoms with E-state index in [0.717, 1.165) is 0 Å². The quantitative estimate of drug-likeness (QED) is 0.771. The predicted octanol–water partition coefficient (Wildman–Crippen LogP) is 2.81. The number of amides is 2. The van der Waals surface area contributed by atoms with Gasteiger partial charge in [0.1, 0.15) is 12.3 Å². The van der Waals surface area contributed by atoms with Crippen molar-refractivity contribution in [3.8, 4) is 17.2 Å². The molecule has 7 nitrogen and oxygen atoms in total. The van der Waals surface area contributed by atoms with Crippen LogP contribution in [0.5, 0.6) is 17.2 Å². The summed E-state index contributed by atoms with van der Waals surface area (Å²) in [4.78, 5) is 26.6. The van der Waals surface area contributed by atoms with Gasteiger partial charge in [-0.15, -0.1) is 0 Å². The fourth-order valence-electron chi connectivity index (χ4n) is 2.55. The second-order valence-corrected chi connectivity index (χ2v) is 5.67. The minimum absolute atomic E-state index is 0.0686. The largest absolute Gasteiger partial charge is 0.497 e. The molecule has 1 N–H and O–H groups in total. The van der Waals surface area contributed by atoms with Gasteiger partial charge in [0.2, 0.25) is 5.91 Å². The molecule has 0 heterocycles. The van der Waals surface area contributed by atoms with Crippen LogP contribution in [0.1, 0.15) is 17.3 Å². The van der Waals surface area contributed by atoms with Gasteiger partial charge in [-0.3, -0.25) is 9.59 Å². The number of methoxy groups -OCH3 is 3. The highest BCUT2D eigenvalue weighted by Gasteiger charge is 2.19. The summed E-state index contributed by atoms with van der Waals surface area (Å²) in [5.41, 5.74) is 1.03. The van der Waals surface area contributed by atoms with Gasteiger partial charge in [-0.05, 0) is 37.3 Å². The third-order valence-corrected chi connectivity index (χ3v) is 3.99. The van der Waals surface area contributed by atoms with Gasteiger partial charge in [0, 0.05) is 23.9 Å². The second-order valence-electron chi connectivity index (χ2n) is 5.67. The van der Waals surface area contributed by atoms with Crippen molar-refractivity contribution < 1.29 is 23.8 Å². The van der Waals surface area contributed by atoms with Crippen LogP contribution in [0.15, 0.2) is 42.5 Å². The molecule has 0 fully saturated rings. The number of carbonyl (C=O) groups excluding carboxylic acids is 2. The first-order valence-corrected chi connectivity index (χ1v) is 8.47.